The average Bonchev–Trinajstić information content (AvgIpc) is 2.83. The molecule has 0 aromatic heterocycles. The second-order valence-electron chi connectivity index (χ2n) is 10.6. The number of esters is 1. The number of nitrogens with zero attached hydrogens (tertiary/aromatic N) is 1. The van der Waals surface area contributed by atoms with E-state index in [1.54, 1.807) is 58.0 Å². The van der Waals surface area contributed by atoms with Gasteiger partial charge in [-0.05, 0) is 58.9 Å². The third-order valence-electron chi connectivity index (χ3n) is 5.64. The van der Waals surface area contributed by atoms with Crippen LogP contribution in [0.25, 0.3) is 0 Å². The van der Waals surface area contributed by atoms with Crippen molar-refractivity contribution in [1.82, 2.24) is 15.5 Å². The van der Waals surface area contributed by atoms with Gasteiger partial charge < -0.3 is 30.1 Å². The molecule has 10 heteroatoms. The Hall–Kier alpha value is -3.14. The maximum Gasteiger partial charge on any atom is 0.408 e. The first-order chi connectivity index (χ1) is 17.8. The van der Waals surface area contributed by atoms with Gasteiger partial charge in [0.25, 0.3) is 0 Å². The summed E-state index contributed by atoms with van der Waals surface area (Å²) in [7, 11) is 0. The smallest absolute Gasteiger partial charge is 0.408 e. The lowest BCUT2D eigenvalue weighted by Gasteiger charge is -2.38. The summed E-state index contributed by atoms with van der Waals surface area (Å²) < 4.78 is 10.2. The van der Waals surface area contributed by atoms with Gasteiger partial charge in [0.05, 0.1) is 19.6 Å². The van der Waals surface area contributed by atoms with Crippen LogP contribution in [0.15, 0.2) is 30.3 Å². The standard InChI is InChI=1S/C28H45N3O7/c1-8-37-23(33)16-17-29-25(34)24(21-12-10-9-11-13-21)31(20(4)15-14-19(2)3)26(35)22(18-32)30-27(36)38-28(5,6)7/h9-13,19-20,22,24,32H,8,14-18H2,1-7H3,(H,29,34)(H,30,36). The molecule has 214 valence electrons. The van der Waals surface area contributed by atoms with Gasteiger partial charge in [-0.25, -0.2) is 4.79 Å². The fourth-order valence-corrected chi connectivity index (χ4v) is 3.82. The molecule has 0 bridgehead atoms. The van der Waals surface area contributed by atoms with Crippen LogP contribution >= 0.6 is 0 Å². The number of alkyl carbamates (subject to hydrolysis) is 1. The fourth-order valence-electron chi connectivity index (χ4n) is 3.82. The summed E-state index contributed by atoms with van der Waals surface area (Å²) in [5.41, 5.74) is -0.247. The first-order valence-electron chi connectivity index (χ1n) is 13.2. The van der Waals surface area contributed by atoms with E-state index in [1.165, 1.54) is 4.90 Å². The van der Waals surface area contributed by atoms with Crippen molar-refractivity contribution in [1.29, 1.82) is 0 Å². The average molecular weight is 536 g/mol. The quantitative estimate of drug-likeness (QED) is 0.311. The normalized spacial score (nSPS) is 13.7. The van der Waals surface area contributed by atoms with Crippen LogP contribution in [0.3, 0.4) is 0 Å². The number of carbonyl (C=O) groups is 4. The maximum absolute atomic E-state index is 13.9. The number of aliphatic hydroxyl groups is 1. The Kier molecular flexibility index (Phi) is 13.8. The SMILES string of the molecule is CCOC(=O)CCNC(=O)C(c1ccccc1)N(C(=O)C(CO)NC(=O)OC(C)(C)C)C(C)CCC(C)C. The molecule has 0 aliphatic heterocycles. The predicted octanol–water partition coefficient (Wildman–Crippen LogP) is 3.34. The van der Waals surface area contributed by atoms with Gasteiger partial charge in [-0.2, -0.15) is 0 Å². The number of carbonyl (C=O) groups excluding carboxylic acids is 4. The number of benzene rings is 1. The van der Waals surface area contributed by atoms with Gasteiger partial charge in [0.15, 0.2) is 0 Å². The molecule has 3 unspecified atom stereocenters. The molecular weight excluding hydrogens is 490 g/mol. The van der Waals surface area contributed by atoms with Gasteiger partial charge in [-0.1, -0.05) is 44.2 Å². The number of aliphatic hydroxyl groups excluding tert-OH is 1. The van der Waals surface area contributed by atoms with E-state index < -0.39 is 54.2 Å². The third-order valence-corrected chi connectivity index (χ3v) is 5.64. The first-order valence-corrected chi connectivity index (χ1v) is 13.2. The van der Waals surface area contributed by atoms with E-state index in [4.69, 9.17) is 9.47 Å². The minimum atomic E-state index is -1.33. The zero-order chi connectivity index (χ0) is 28.9. The van der Waals surface area contributed by atoms with Crippen LogP contribution in [0.2, 0.25) is 0 Å². The van der Waals surface area contributed by atoms with E-state index in [0.717, 1.165) is 6.42 Å². The Bertz CT molecular complexity index is 899. The lowest BCUT2D eigenvalue weighted by atomic mass is 9.97. The van der Waals surface area contributed by atoms with Gasteiger partial charge in [0.1, 0.15) is 17.7 Å². The van der Waals surface area contributed by atoms with Gasteiger partial charge in [-0.3, -0.25) is 14.4 Å². The van der Waals surface area contributed by atoms with Crippen LogP contribution in [0, 0.1) is 5.92 Å². The fraction of sp³-hybridized carbons (Fsp3) is 0.643. The molecule has 0 saturated carbocycles. The minimum Gasteiger partial charge on any atom is -0.466 e. The molecule has 0 aliphatic rings. The summed E-state index contributed by atoms with van der Waals surface area (Å²) in [5.74, 6) is -1.19. The molecule has 3 N–H and O–H groups in total. The molecule has 3 atom stereocenters. The summed E-state index contributed by atoms with van der Waals surface area (Å²) in [6, 6.07) is 5.98. The van der Waals surface area contributed by atoms with Gasteiger partial charge in [-0.15, -0.1) is 0 Å². The molecule has 0 spiro atoms. The molecule has 38 heavy (non-hydrogen) atoms. The van der Waals surface area contributed by atoms with Crippen LogP contribution < -0.4 is 10.6 Å². The van der Waals surface area contributed by atoms with Crippen molar-refractivity contribution in [3.8, 4) is 0 Å². The topological polar surface area (TPSA) is 134 Å². The highest BCUT2D eigenvalue weighted by molar-refractivity contribution is 5.92. The van der Waals surface area contributed by atoms with Crippen LogP contribution in [0.5, 0.6) is 0 Å². The molecule has 0 saturated heterocycles. The van der Waals surface area contributed by atoms with Crippen molar-refractivity contribution >= 4 is 23.9 Å². The monoisotopic (exact) mass is 535 g/mol. The number of rotatable bonds is 14. The predicted molar refractivity (Wildman–Crippen MR) is 144 cm³/mol. The van der Waals surface area contributed by atoms with Crippen LogP contribution in [0.1, 0.15) is 79.3 Å². The van der Waals surface area contributed by atoms with Crippen molar-refractivity contribution < 1.29 is 33.8 Å². The summed E-state index contributed by atoms with van der Waals surface area (Å²) in [6.45, 7) is 12.3. The highest BCUT2D eigenvalue weighted by atomic mass is 16.6. The van der Waals surface area contributed by atoms with Crippen LogP contribution in [0.4, 0.5) is 4.79 Å². The first kappa shape index (κ1) is 32.9. The molecule has 0 aliphatic carbocycles. The van der Waals surface area contributed by atoms with Crippen LogP contribution in [-0.2, 0) is 23.9 Å². The lowest BCUT2D eigenvalue weighted by Crippen LogP contribution is -2.56. The second kappa shape index (κ2) is 16.0. The van der Waals surface area contributed by atoms with Crippen LogP contribution in [-0.4, -0.2) is 71.3 Å². The highest BCUT2D eigenvalue weighted by Crippen LogP contribution is 2.27. The van der Waals surface area contributed by atoms with E-state index in [1.807, 2.05) is 6.92 Å². The summed E-state index contributed by atoms with van der Waals surface area (Å²) in [5, 5.41) is 15.3. The number of hydrogen-bond donors (Lipinski definition) is 3. The summed E-state index contributed by atoms with van der Waals surface area (Å²) in [4.78, 5) is 53.1. The lowest BCUT2D eigenvalue weighted by molar-refractivity contribution is -0.146. The Balaban J connectivity index is 3.38. The molecule has 1 rings (SSSR count). The second-order valence-corrected chi connectivity index (χ2v) is 10.6. The number of amides is 3. The number of hydrogen-bond acceptors (Lipinski definition) is 7. The summed E-state index contributed by atoms with van der Waals surface area (Å²) >= 11 is 0. The van der Waals surface area contributed by atoms with Crippen molar-refractivity contribution in [3.63, 3.8) is 0 Å². The van der Waals surface area contributed by atoms with E-state index in [-0.39, 0.29) is 19.6 Å². The Morgan fingerprint density at radius 1 is 1.03 bits per heavy atom. The molecule has 3 amide bonds. The number of ether oxygens (including phenoxy) is 2. The van der Waals surface area contributed by atoms with E-state index in [9.17, 15) is 24.3 Å². The van der Waals surface area contributed by atoms with E-state index >= 15 is 0 Å². The molecule has 10 nitrogen and oxygen atoms in total. The maximum atomic E-state index is 13.9. The molecule has 0 heterocycles. The van der Waals surface area contributed by atoms with Crippen molar-refractivity contribution in [2.45, 2.75) is 91.5 Å². The molecule has 1 aromatic carbocycles. The minimum absolute atomic E-state index is 0.0165. The van der Waals surface area contributed by atoms with E-state index in [2.05, 4.69) is 24.5 Å². The summed E-state index contributed by atoms with van der Waals surface area (Å²) in [6.07, 6.45) is 0.514. The molecule has 0 fully saturated rings. The zero-order valence-electron chi connectivity index (χ0n) is 23.8. The van der Waals surface area contributed by atoms with E-state index in [0.29, 0.717) is 17.9 Å². The number of nitrogens with one attached hydrogen (secondary N) is 2. The van der Waals surface area contributed by atoms with Crippen molar-refractivity contribution in [2.24, 2.45) is 5.92 Å². The third kappa shape index (κ3) is 11.5. The van der Waals surface area contributed by atoms with Crippen molar-refractivity contribution in [2.75, 3.05) is 19.8 Å². The Morgan fingerprint density at radius 2 is 1.66 bits per heavy atom. The largest absolute Gasteiger partial charge is 0.466 e. The molecule has 0 radical (unpaired) electrons. The highest BCUT2D eigenvalue weighted by Gasteiger charge is 2.38. The van der Waals surface area contributed by atoms with Crippen molar-refractivity contribution in [3.05, 3.63) is 35.9 Å². The Morgan fingerprint density at radius 3 is 2.18 bits per heavy atom. The molecule has 1 aromatic rings. The van der Waals surface area contributed by atoms with Gasteiger partial charge in [0, 0.05) is 12.6 Å². The molecular formula is C28H45N3O7. The Labute approximate surface area is 226 Å². The zero-order valence-corrected chi connectivity index (χ0v) is 23.8. The van der Waals surface area contributed by atoms with Gasteiger partial charge in [0.2, 0.25) is 11.8 Å². The van der Waals surface area contributed by atoms with Gasteiger partial charge >= 0.3 is 12.1 Å².